The topological polar surface area (TPSA) is 345 Å². The highest BCUT2D eigenvalue weighted by molar-refractivity contribution is 7.46. The summed E-state index contributed by atoms with van der Waals surface area (Å²) >= 11 is 0. The molecule has 1 aliphatic rings. The first-order valence-corrected chi connectivity index (χ1v) is 20.6. The number of nitrogen functional groups attached to an aromatic ring is 1. The van der Waals surface area contributed by atoms with Gasteiger partial charge in [0.05, 0.1) is 32.1 Å². The largest absolute Gasteiger partial charge is 0.506 e. The summed E-state index contributed by atoms with van der Waals surface area (Å²) in [4.78, 5) is 77.9. The Bertz CT molecular complexity index is 2040. The van der Waals surface area contributed by atoms with Crippen LogP contribution in [0.3, 0.4) is 0 Å². The number of carbonyl (C=O) groups is 2. The first-order chi connectivity index (χ1) is 27.4. The Morgan fingerprint density at radius 1 is 0.983 bits per heavy atom. The van der Waals surface area contributed by atoms with Crippen molar-refractivity contribution < 1.29 is 71.8 Å². The zero-order chi connectivity index (χ0) is 42.5. The molecule has 2 heterocycles. The maximum atomic E-state index is 12.8. The molecule has 2 amide bonds. The van der Waals surface area contributed by atoms with Crippen LogP contribution in [0, 0.1) is 0 Å². The number of hydrogen-bond donors (Lipinski definition) is 9. The van der Waals surface area contributed by atoms with E-state index in [0.29, 0.717) is 37.4 Å². The molecule has 4 atom stereocenters. The average molecular weight is 858 g/mol. The lowest BCUT2D eigenvalue weighted by Gasteiger charge is -2.21. The lowest BCUT2D eigenvalue weighted by molar-refractivity contribution is -0.122. The van der Waals surface area contributed by atoms with E-state index in [9.17, 15) is 43.5 Å². The van der Waals surface area contributed by atoms with E-state index in [-0.39, 0.29) is 61.1 Å². The van der Waals surface area contributed by atoms with E-state index in [1.807, 2.05) is 0 Å². The molecule has 2 aromatic carbocycles. The van der Waals surface area contributed by atoms with Gasteiger partial charge in [0.2, 0.25) is 5.91 Å². The summed E-state index contributed by atoms with van der Waals surface area (Å²) in [5.41, 5.74) is 6.92. The van der Waals surface area contributed by atoms with Crippen molar-refractivity contribution >= 4 is 44.7 Å². The summed E-state index contributed by atoms with van der Waals surface area (Å²) in [6, 6.07) is 11.0. The number of azo groups is 1. The number of hydrogen-bond acceptors (Lipinski definition) is 16. The summed E-state index contributed by atoms with van der Waals surface area (Å²) in [5.74, 6) is -0.838. The van der Waals surface area contributed by atoms with Crippen molar-refractivity contribution in [1.82, 2.24) is 20.2 Å². The van der Waals surface area contributed by atoms with Crippen LogP contribution in [-0.4, -0.2) is 116 Å². The highest BCUT2D eigenvalue weighted by atomic mass is 31.2. The molecule has 1 aliphatic heterocycles. The molecule has 1 unspecified atom stereocenters. The number of carbonyl (C=O) groups excluding carboxylic acids is 2. The number of ether oxygens (including phenoxy) is 3. The minimum absolute atomic E-state index is 0.0947. The van der Waals surface area contributed by atoms with Crippen molar-refractivity contribution in [2.24, 2.45) is 10.2 Å². The molecule has 3 aromatic rings. The molecule has 10 N–H and O–H groups in total. The molecule has 318 valence electrons. The van der Waals surface area contributed by atoms with Gasteiger partial charge in [0.1, 0.15) is 35.6 Å². The van der Waals surface area contributed by atoms with E-state index >= 15 is 0 Å². The number of anilines is 1. The molecule has 1 fully saturated rings. The van der Waals surface area contributed by atoms with Gasteiger partial charge in [0, 0.05) is 43.9 Å². The molecule has 0 spiro atoms. The number of nitrogens with one attached hydrogen (secondary N) is 2. The fourth-order valence-electron chi connectivity index (χ4n) is 5.46. The van der Waals surface area contributed by atoms with Crippen LogP contribution in [0.2, 0.25) is 0 Å². The molecule has 58 heavy (non-hydrogen) atoms. The smallest absolute Gasteiger partial charge is 0.470 e. The fourth-order valence-corrected chi connectivity index (χ4v) is 6.38. The number of aliphatic hydroxyl groups excluding tert-OH is 1. The Morgan fingerprint density at radius 2 is 1.72 bits per heavy atom. The van der Waals surface area contributed by atoms with E-state index in [0.717, 1.165) is 10.1 Å². The van der Waals surface area contributed by atoms with Gasteiger partial charge in [-0.05, 0) is 61.2 Å². The van der Waals surface area contributed by atoms with Gasteiger partial charge in [-0.25, -0.2) is 13.9 Å². The summed E-state index contributed by atoms with van der Waals surface area (Å²) in [6.45, 7) is 0.700. The van der Waals surface area contributed by atoms with Crippen molar-refractivity contribution in [2.45, 2.75) is 50.2 Å². The molecule has 0 saturated carbocycles. The average Bonchev–Trinajstić information content (AvgIpc) is 3.45. The van der Waals surface area contributed by atoms with Gasteiger partial charge in [0.15, 0.2) is 6.23 Å². The Hall–Kier alpha value is -4.48. The van der Waals surface area contributed by atoms with Crippen LogP contribution in [0.4, 0.5) is 17.2 Å². The van der Waals surface area contributed by atoms with Crippen LogP contribution in [0.1, 0.15) is 40.6 Å². The molecular formula is C33H45N7O16P2. The first kappa shape index (κ1) is 46.2. The Kier molecular flexibility index (Phi) is 17.1. The minimum atomic E-state index is -5.26. The fraction of sp³-hybridized carbons (Fsp3) is 0.455. The summed E-state index contributed by atoms with van der Waals surface area (Å²) < 4.78 is 48.1. The van der Waals surface area contributed by atoms with Crippen LogP contribution in [0.15, 0.2) is 63.7 Å². The molecule has 1 saturated heterocycles. The van der Waals surface area contributed by atoms with Crippen molar-refractivity contribution in [3.63, 3.8) is 0 Å². The van der Waals surface area contributed by atoms with E-state index in [1.54, 1.807) is 31.4 Å². The second-order valence-electron chi connectivity index (χ2n) is 12.6. The van der Waals surface area contributed by atoms with Crippen LogP contribution in [0.5, 0.6) is 5.75 Å². The first-order valence-electron chi connectivity index (χ1n) is 17.5. The Balaban J connectivity index is 1.28. The molecule has 23 nitrogen and oxygen atoms in total. The lowest BCUT2D eigenvalue weighted by atomic mass is 10.1. The van der Waals surface area contributed by atoms with Gasteiger partial charge < -0.3 is 60.4 Å². The number of phosphoric acid groups is 2. The van der Waals surface area contributed by atoms with E-state index in [4.69, 9.17) is 29.7 Å². The maximum absolute atomic E-state index is 12.8. The van der Waals surface area contributed by atoms with Crippen LogP contribution >= 0.6 is 15.6 Å². The van der Waals surface area contributed by atoms with Crippen LogP contribution in [-0.2, 0) is 50.0 Å². The number of benzene rings is 2. The molecule has 0 radical (unpaired) electrons. The minimum Gasteiger partial charge on any atom is -0.506 e. The predicted molar refractivity (Wildman–Crippen MR) is 201 cm³/mol. The van der Waals surface area contributed by atoms with Crippen molar-refractivity contribution in [3.8, 4) is 5.75 Å². The van der Waals surface area contributed by atoms with Gasteiger partial charge in [-0.15, -0.1) is 5.11 Å². The number of aryl methyl sites for hydroxylation is 1. The number of phosphoric ester groups is 2. The molecule has 0 bridgehead atoms. The van der Waals surface area contributed by atoms with Crippen molar-refractivity contribution in [2.75, 3.05) is 52.4 Å². The highest BCUT2D eigenvalue weighted by Gasteiger charge is 2.49. The maximum Gasteiger partial charge on any atom is 0.470 e. The Labute approximate surface area is 330 Å². The number of phenolic OH excluding ortho intramolecular Hbond substituents is 1. The molecular weight excluding hydrogens is 812 g/mol. The molecule has 4 rings (SSSR count). The number of methoxy groups -OCH3 is 1. The number of aromatic hydroxyl groups is 1. The number of nitrogens with two attached hydrogens (primary N) is 1. The summed E-state index contributed by atoms with van der Waals surface area (Å²) in [5, 5.41) is 34.9. The SMILES string of the molecule is COCCOCCC(=O)NCCc1ccc(O)c(N=Nc2ccc(C(=O)NCCCc3cn([C@@H]4O[C@H](COP(=O)(O)O)C(OP(=O)(O)O)[C@@H]4O)c(=O)nc3N)cc2)c1. The molecule has 1 aromatic heterocycles. The predicted octanol–water partition coefficient (Wildman–Crippen LogP) is 0.866. The van der Waals surface area contributed by atoms with Crippen LogP contribution in [0.25, 0.3) is 0 Å². The third kappa shape index (κ3) is 14.7. The molecule has 25 heteroatoms. The number of aliphatic hydroxyl groups is 1. The lowest BCUT2D eigenvalue weighted by Crippen LogP contribution is -2.38. The van der Waals surface area contributed by atoms with Gasteiger partial charge in [-0.3, -0.25) is 23.2 Å². The standard InChI is InChI=1S/C33H45N7O16P2/c1-52-15-16-53-14-11-27(42)35-13-10-20-4-9-25(41)24(17-20)39-38-23-7-5-21(6-8-23)31(44)36-12-2-3-22-18-40(33(45)37-30(22)34)32-28(43)29(56-58(49,50)51)26(55-32)19-54-57(46,47)48/h4-9,17-18,26,28-29,32,41,43H,2-3,10-16,19H2,1H3,(H,35,42)(H,36,44)(H2,34,37,45)(H2,46,47,48)(H2,49,50,51)/t26-,28+,29?,32-/m1/s1. The normalized spacial score (nSPS) is 18.4. The molecule has 0 aliphatic carbocycles. The highest BCUT2D eigenvalue weighted by Crippen LogP contribution is 2.45. The van der Waals surface area contributed by atoms with E-state index in [2.05, 4.69) is 34.9 Å². The van der Waals surface area contributed by atoms with E-state index < -0.39 is 58.4 Å². The monoisotopic (exact) mass is 857 g/mol. The van der Waals surface area contributed by atoms with Crippen molar-refractivity contribution in [3.05, 3.63) is 75.8 Å². The Morgan fingerprint density at radius 3 is 2.41 bits per heavy atom. The van der Waals surface area contributed by atoms with Crippen LogP contribution < -0.4 is 22.1 Å². The zero-order valence-corrected chi connectivity index (χ0v) is 32.8. The van der Waals surface area contributed by atoms with Gasteiger partial charge in [-0.2, -0.15) is 10.1 Å². The number of rotatable bonds is 22. The quantitative estimate of drug-likeness (QED) is 0.0384. The van der Waals surface area contributed by atoms with Gasteiger partial charge >= 0.3 is 21.3 Å². The summed E-state index contributed by atoms with van der Waals surface area (Å²) in [6.07, 6.45) is -4.76. The van der Waals surface area contributed by atoms with Crippen molar-refractivity contribution in [1.29, 1.82) is 0 Å². The number of aromatic nitrogens is 2. The van der Waals surface area contributed by atoms with Gasteiger partial charge in [0.25, 0.3) is 5.91 Å². The number of amides is 2. The van der Waals surface area contributed by atoms with Gasteiger partial charge in [-0.1, -0.05) is 6.07 Å². The second-order valence-corrected chi connectivity index (χ2v) is 15.1. The third-order valence-electron chi connectivity index (χ3n) is 8.30. The number of phenols is 1. The number of nitrogens with zero attached hydrogens (tertiary/aromatic N) is 4. The second kappa shape index (κ2) is 21.5. The van der Waals surface area contributed by atoms with E-state index in [1.165, 1.54) is 24.4 Å². The summed E-state index contributed by atoms with van der Waals surface area (Å²) in [7, 11) is -8.76. The zero-order valence-electron chi connectivity index (χ0n) is 31.0. The third-order valence-corrected chi connectivity index (χ3v) is 9.31.